The van der Waals surface area contributed by atoms with Crippen LogP contribution in [-0.2, 0) is 23.8 Å². The Hall–Kier alpha value is -1.60. The monoisotopic (exact) mass is 468 g/mol. The largest absolute Gasteiger partial charge is 0.508 e. The molecule has 0 amide bonds. The predicted octanol–water partition coefficient (Wildman–Crippen LogP) is 4.14. The molecular formula is C24H33ClO7. The third-order valence-corrected chi connectivity index (χ3v) is 9.05. The number of rotatable bonds is 5. The Bertz CT molecular complexity index is 810. The van der Waals surface area contributed by atoms with E-state index >= 15 is 0 Å². The molecule has 0 bridgehead atoms. The van der Waals surface area contributed by atoms with Gasteiger partial charge < -0.3 is 19.3 Å². The fourth-order valence-corrected chi connectivity index (χ4v) is 7.33. The maximum Gasteiger partial charge on any atom is 0.508 e. The second-order valence-corrected chi connectivity index (χ2v) is 10.6. The zero-order chi connectivity index (χ0) is 23.1. The average Bonchev–Trinajstić information content (AvgIpc) is 3.09. The molecule has 0 radical (unpaired) electrons. The lowest BCUT2D eigenvalue weighted by Crippen LogP contribution is -2.51. The van der Waals surface area contributed by atoms with Gasteiger partial charge >= 0.3 is 12.1 Å². The molecule has 4 aliphatic carbocycles. The Kier molecular flexibility index (Phi) is 6.61. The summed E-state index contributed by atoms with van der Waals surface area (Å²) in [6.45, 7) is 4.05. The van der Waals surface area contributed by atoms with Gasteiger partial charge in [-0.15, -0.1) is 0 Å². The summed E-state index contributed by atoms with van der Waals surface area (Å²) in [5.41, 5.74) is 1.35. The highest BCUT2D eigenvalue weighted by Crippen LogP contribution is 2.65. The lowest BCUT2D eigenvalue weighted by atomic mass is 9.47. The van der Waals surface area contributed by atoms with E-state index in [9.17, 15) is 19.5 Å². The van der Waals surface area contributed by atoms with Crippen LogP contribution in [0.25, 0.3) is 0 Å². The molecule has 0 aliphatic heterocycles. The van der Waals surface area contributed by atoms with E-state index < -0.39 is 24.8 Å². The summed E-state index contributed by atoms with van der Waals surface area (Å²) >= 11 is 5.29. The van der Waals surface area contributed by atoms with Crippen LogP contribution >= 0.6 is 11.6 Å². The molecule has 4 rings (SSSR count). The van der Waals surface area contributed by atoms with Crippen molar-refractivity contribution in [1.29, 1.82) is 0 Å². The molecule has 4 aliphatic rings. The molecule has 0 aromatic carbocycles. The number of allylic oxidation sites excluding steroid dienone is 1. The number of hydrogen-bond donors (Lipinski definition) is 1. The lowest BCUT2D eigenvalue weighted by Gasteiger charge is -2.57. The van der Waals surface area contributed by atoms with Gasteiger partial charge in [-0.05, 0) is 74.2 Å². The van der Waals surface area contributed by atoms with Crippen LogP contribution < -0.4 is 0 Å². The number of halogens is 1. The van der Waals surface area contributed by atoms with Gasteiger partial charge in [-0.3, -0.25) is 4.79 Å². The van der Waals surface area contributed by atoms with Crippen molar-refractivity contribution in [2.24, 2.45) is 28.6 Å². The number of carbonyl (C=O) groups is 3. The van der Waals surface area contributed by atoms with E-state index in [1.807, 2.05) is 6.08 Å². The van der Waals surface area contributed by atoms with Crippen molar-refractivity contribution in [1.82, 2.24) is 0 Å². The normalized spacial score (nSPS) is 39.1. The summed E-state index contributed by atoms with van der Waals surface area (Å²) in [6.07, 6.45) is 6.71. The third kappa shape index (κ3) is 4.07. The van der Waals surface area contributed by atoms with E-state index in [0.29, 0.717) is 24.2 Å². The minimum absolute atomic E-state index is 0.113. The summed E-state index contributed by atoms with van der Waals surface area (Å²) in [5, 5.41) is 9.67. The number of aliphatic hydroxyl groups excluding tert-OH is 1. The van der Waals surface area contributed by atoms with Gasteiger partial charge in [0.1, 0.15) is 12.7 Å². The van der Waals surface area contributed by atoms with E-state index in [0.717, 1.165) is 44.9 Å². The minimum atomic E-state index is -1.59. The Morgan fingerprint density at radius 1 is 1.12 bits per heavy atom. The van der Waals surface area contributed by atoms with Crippen LogP contribution in [0.3, 0.4) is 0 Å². The predicted molar refractivity (Wildman–Crippen MR) is 116 cm³/mol. The van der Waals surface area contributed by atoms with Crippen molar-refractivity contribution in [3.8, 4) is 0 Å². The Morgan fingerprint density at radius 3 is 2.66 bits per heavy atom. The zero-order valence-electron chi connectivity index (χ0n) is 18.8. The summed E-state index contributed by atoms with van der Waals surface area (Å²) in [6, 6.07) is -0.378. The average molecular weight is 469 g/mol. The van der Waals surface area contributed by atoms with Crippen molar-refractivity contribution in [2.75, 3.05) is 12.7 Å². The second kappa shape index (κ2) is 8.98. The van der Waals surface area contributed by atoms with Crippen LogP contribution in [0.5, 0.6) is 0 Å². The molecule has 3 fully saturated rings. The molecule has 7 nitrogen and oxygen atoms in total. The van der Waals surface area contributed by atoms with Gasteiger partial charge in [0.15, 0.2) is 18.0 Å². The first kappa shape index (κ1) is 23.6. The number of aliphatic hydroxyl groups is 1. The fourth-order valence-electron chi connectivity index (χ4n) is 7.22. The van der Waals surface area contributed by atoms with E-state index in [1.54, 1.807) is 0 Å². The summed E-state index contributed by atoms with van der Waals surface area (Å²) in [4.78, 5) is 35.7. The molecule has 0 heterocycles. The first-order valence-corrected chi connectivity index (χ1v) is 12.2. The van der Waals surface area contributed by atoms with Gasteiger partial charge in [0.25, 0.3) is 0 Å². The number of alkyl halides is 1. The van der Waals surface area contributed by atoms with Gasteiger partial charge in [-0.25, -0.2) is 9.59 Å². The molecule has 0 spiro atoms. The number of ether oxygens (including phenoxy) is 3. The molecule has 1 unspecified atom stereocenters. The highest BCUT2D eigenvalue weighted by Gasteiger charge is 2.60. The van der Waals surface area contributed by atoms with E-state index in [4.69, 9.17) is 21.1 Å². The van der Waals surface area contributed by atoms with Crippen molar-refractivity contribution < 1.29 is 33.7 Å². The van der Waals surface area contributed by atoms with Crippen LogP contribution in [0.4, 0.5) is 4.79 Å². The number of ketones is 1. The van der Waals surface area contributed by atoms with Crippen LogP contribution in [0, 0.1) is 28.6 Å². The Morgan fingerprint density at radius 2 is 1.91 bits per heavy atom. The van der Waals surface area contributed by atoms with Crippen molar-refractivity contribution >= 4 is 29.5 Å². The van der Waals surface area contributed by atoms with Gasteiger partial charge in [-0.1, -0.05) is 31.0 Å². The van der Waals surface area contributed by atoms with Crippen LogP contribution in [0.1, 0.15) is 65.2 Å². The molecule has 3 saturated carbocycles. The molecule has 32 heavy (non-hydrogen) atoms. The van der Waals surface area contributed by atoms with Crippen molar-refractivity contribution in [3.05, 3.63) is 11.6 Å². The zero-order valence-corrected chi connectivity index (χ0v) is 19.6. The topological polar surface area (TPSA) is 99.1 Å². The number of hydrogen-bond acceptors (Lipinski definition) is 7. The summed E-state index contributed by atoms with van der Waals surface area (Å²) in [5.74, 6) is 0.941. The second-order valence-electron chi connectivity index (χ2n) is 10.3. The van der Waals surface area contributed by atoms with Gasteiger partial charge in [0.2, 0.25) is 0 Å². The molecule has 7 atom stereocenters. The number of fused-ring (bicyclic) bond motifs is 5. The van der Waals surface area contributed by atoms with Crippen LogP contribution in [-0.4, -0.2) is 47.9 Å². The van der Waals surface area contributed by atoms with Gasteiger partial charge in [0, 0.05) is 11.8 Å². The number of carbonyl (C=O) groups excluding carboxylic acids is 3. The maximum atomic E-state index is 12.3. The Labute approximate surface area is 193 Å². The van der Waals surface area contributed by atoms with Gasteiger partial charge in [-0.2, -0.15) is 0 Å². The van der Waals surface area contributed by atoms with E-state index in [-0.39, 0.29) is 28.8 Å². The molecule has 8 heteroatoms. The Balaban J connectivity index is 1.39. The first-order valence-electron chi connectivity index (χ1n) is 11.7. The summed E-state index contributed by atoms with van der Waals surface area (Å²) in [7, 11) is 0. The van der Waals surface area contributed by atoms with Crippen LogP contribution in [0.2, 0.25) is 0 Å². The SMILES string of the molecule is C[C@]12CC[C@H]3[C@@H](CCC4=CC(=O)CC[C@@]43C)[C@@H]1CC[C@H]2OC(=O)OCC(O)C(=O)OCCl. The lowest BCUT2D eigenvalue weighted by molar-refractivity contribution is -0.154. The van der Waals surface area contributed by atoms with E-state index in [1.165, 1.54) is 5.57 Å². The first-order chi connectivity index (χ1) is 15.2. The smallest absolute Gasteiger partial charge is 0.447 e. The third-order valence-electron chi connectivity index (χ3n) is 8.94. The van der Waals surface area contributed by atoms with E-state index in [2.05, 4.69) is 18.6 Å². The standard InChI is InChI=1S/C24H33ClO7/c1-23-9-7-15(26)11-14(23)3-4-16-17-5-6-20(24(17,2)10-8-18(16)23)32-22(29)30-12-19(27)21(28)31-13-25/h11,16-20,27H,3-10,12-13H2,1-2H3/t16-,17-,18-,19?,20+,23-,24-/m0/s1. The van der Waals surface area contributed by atoms with Crippen LogP contribution in [0.15, 0.2) is 11.6 Å². The van der Waals surface area contributed by atoms with Crippen molar-refractivity contribution in [3.63, 3.8) is 0 Å². The highest BCUT2D eigenvalue weighted by molar-refractivity contribution is 6.17. The quantitative estimate of drug-likeness (QED) is 0.478. The highest BCUT2D eigenvalue weighted by atomic mass is 35.5. The van der Waals surface area contributed by atoms with Gasteiger partial charge in [0.05, 0.1) is 0 Å². The minimum Gasteiger partial charge on any atom is -0.447 e. The molecule has 0 aromatic heterocycles. The number of esters is 1. The maximum absolute atomic E-state index is 12.3. The summed E-state index contributed by atoms with van der Waals surface area (Å²) < 4.78 is 15.1. The molecular weight excluding hydrogens is 436 g/mol. The molecule has 178 valence electrons. The molecule has 1 N–H and O–H groups in total. The van der Waals surface area contributed by atoms with Crippen molar-refractivity contribution in [2.45, 2.75) is 77.4 Å². The molecule has 0 saturated heterocycles. The fraction of sp³-hybridized carbons (Fsp3) is 0.792. The molecule has 0 aromatic rings.